The van der Waals surface area contributed by atoms with Gasteiger partial charge in [0, 0.05) is 12.5 Å². The van der Waals surface area contributed by atoms with Crippen LogP contribution in [0, 0.1) is 5.92 Å². The molecule has 1 aromatic rings. The zero-order chi connectivity index (χ0) is 12.1. The van der Waals surface area contributed by atoms with Gasteiger partial charge >= 0.3 is 0 Å². The Labute approximate surface area is 94.9 Å². The van der Waals surface area contributed by atoms with Gasteiger partial charge < -0.3 is 15.5 Å². The summed E-state index contributed by atoms with van der Waals surface area (Å²) in [6, 6.07) is 4.50. The zero-order valence-electron chi connectivity index (χ0n) is 9.53. The summed E-state index contributed by atoms with van der Waals surface area (Å²) in [5.74, 6) is -0.340. The maximum Gasteiger partial charge on any atom is 0.223 e. The highest BCUT2D eigenvalue weighted by Gasteiger charge is 2.09. The van der Waals surface area contributed by atoms with E-state index in [9.17, 15) is 9.90 Å². The number of aromatic hydroxyl groups is 2. The molecular formula is C12H17NO3. The van der Waals surface area contributed by atoms with Gasteiger partial charge in [0.05, 0.1) is 0 Å². The van der Waals surface area contributed by atoms with Gasteiger partial charge in [0.15, 0.2) is 11.5 Å². The van der Waals surface area contributed by atoms with E-state index in [1.54, 1.807) is 6.07 Å². The van der Waals surface area contributed by atoms with Crippen molar-refractivity contribution in [2.45, 2.75) is 26.8 Å². The van der Waals surface area contributed by atoms with Crippen molar-refractivity contribution in [2.24, 2.45) is 5.92 Å². The van der Waals surface area contributed by atoms with Gasteiger partial charge in [-0.2, -0.15) is 0 Å². The molecule has 1 atom stereocenters. The second-order valence-electron chi connectivity index (χ2n) is 3.85. The number of carbonyl (C=O) groups excluding carboxylic acids is 1. The molecule has 4 heteroatoms. The van der Waals surface area contributed by atoms with Gasteiger partial charge in [-0.25, -0.2) is 0 Å². The van der Waals surface area contributed by atoms with Crippen molar-refractivity contribution in [1.29, 1.82) is 0 Å². The predicted octanol–water partition coefficient (Wildman–Crippen LogP) is 1.76. The van der Waals surface area contributed by atoms with E-state index in [0.717, 1.165) is 12.0 Å². The summed E-state index contributed by atoms with van der Waals surface area (Å²) in [5.41, 5.74) is 0.756. The Balaban J connectivity index is 2.55. The summed E-state index contributed by atoms with van der Waals surface area (Å²) < 4.78 is 0. The highest BCUT2D eigenvalue weighted by molar-refractivity contribution is 5.78. The largest absolute Gasteiger partial charge is 0.504 e. The molecule has 3 N–H and O–H groups in total. The van der Waals surface area contributed by atoms with E-state index >= 15 is 0 Å². The highest BCUT2D eigenvalue weighted by Crippen LogP contribution is 2.24. The van der Waals surface area contributed by atoms with Gasteiger partial charge in [0.2, 0.25) is 5.91 Å². The van der Waals surface area contributed by atoms with Crippen LogP contribution in [-0.4, -0.2) is 16.1 Å². The van der Waals surface area contributed by atoms with E-state index in [4.69, 9.17) is 5.11 Å². The molecule has 0 aromatic heterocycles. The molecule has 1 aromatic carbocycles. The molecule has 4 nitrogen and oxygen atoms in total. The molecule has 0 saturated heterocycles. The lowest BCUT2D eigenvalue weighted by atomic mass is 10.1. The molecular weight excluding hydrogens is 206 g/mol. The number of benzene rings is 1. The van der Waals surface area contributed by atoms with Gasteiger partial charge in [-0.05, 0) is 24.1 Å². The molecule has 0 bridgehead atoms. The number of carbonyl (C=O) groups is 1. The van der Waals surface area contributed by atoms with Crippen molar-refractivity contribution in [3.05, 3.63) is 23.8 Å². The third-order valence-electron chi connectivity index (χ3n) is 2.57. The molecule has 0 heterocycles. The molecule has 88 valence electrons. The Morgan fingerprint density at radius 3 is 2.62 bits per heavy atom. The van der Waals surface area contributed by atoms with Gasteiger partial charge in [-0.1, -0.05) is 19.9 Å². The van der Waals surface area contributed by atoms with Crippen molar-refractivity contribution >= 4 is 5.91 Å². The van der Waals surface area contributed by atoms with Crippen LogP contribution < -0.4 is 5.32 Å². The van der Waals surface area contributed by atoms with E-state index in [0.29, 0.717) is 6.54 Å². The fourth-order valence-electron chi connectivity index (χ4n) is 1.23. The van der Waals surface area contributed by atoms with Crippen molar-refractivity contribution in [3.63, 3.8) is 0 Å². The number of rotatable bonds is 4. The van der Waals surface area contributed by atoms with Gasteiger partial charge in [-0.3, -0.25) is 4.79 Å². The second kappa shape index (κ2) is 5.39. The van der Waals surface area contributed by atoms with Crippen molar-refractivity contribution in [2.75, 3.05) is 0 Å². The molecule has 1 rings (SSSR count). The molecule has 1 unspecified atom stereocenters. The minimum Gasteiger partial charge on any atom is -0.504 e. The Morgan fingerprint density at radius 2 is 2.06 bits per heavy atom. The molecule has 16 heavy (non-hydrogen) atoms. The lowest BCUT2D eigenvalue weighted by Crippen LogP contribution is -2.28. The van der Waals surface area contributed by atoms with Crippen LogP contribution in [0.15, 0.2) is 18.2 Å². The van der Waals surface area contributed by atoms with Crippen LogP contribution in [0.3, 0.4) is 0 Å². The van der Waals surface area contributed by atoms with Gasteiger partial charge in [0.1, 0.15) is 0 Å². The molecule has 0 saturated carbocycles. The van der Waals surface area contributed by atoms with Crippen LogP contribution in [0.4, 0.5) is 0 Å². The summed E-state index contributed by atoms with van der Waals surface area (Å²) in [6.45, 7) is 4.18. The number of phenolic OH excluding ortho intramolecular Hbond substituents is 2. The maximum atomic E-state index is 11.5. The smallest absolute Gasteiger partial charge is 0.223 e. The minimum absolute atomic E-state index is 0.00457. The molecule has 0 radical (unpaired) electrons. The standard InChI is InChI=1S/C12H17NO3/c1-3-8(2)12(16)13-7-9-4-5-10(14)11(15)6-9/h4-6,8,14-15H,3,7H2,1-2H3,(H,13,16). The molecule has 0 aliphatic rings. The maximum absolute atomic E-state index is 11.5. The fourth-order valence-corrected chi connectivity index (χ4v) is 1.23. The van der Waals surface area contributed by atoms with Gasteiger partial charge in [-0.15, -0.1) is 0 Å². The number of hydrogen-bond acceptors (Lipinski definition) is 3. The molecule has 1 amide bonds. The zero-order valence-corrected chi connectivity index (χ0v) is 9.53. The molecule has 0 aliphatic carbocycles. The van der Waals surface area contributed by atoms with E-state index in [2.05, 4.69) is 5.32 Å². The fraction of sp³-hybridized carbons (Fsp3) is 0.417. The SMILES string of the molecule is CCC(C)C(=O)NCc1ccc(O)c(O)c1. The Bertz CT molecular complexity index is 377. The summed E-state index contributed by atoms with van der Waals surface area (Å²) >= 11 is 0. The first-order valence-electron chi connectivity index (χ1n) is 5.33. The predicted molar refractivity (Wildman–Crippen MR) is 61.1 cm³/mol. The molecule has 0 spiro atoms. The van der Waals surface area contributed by atoms with E-state index in [1.807, 2.05) is 13.8 Å². The quantitative estimate of drug-likeness (QED) is 0.681. The topological polar surface area (TPSA) is 69.6 Å². The first-order valence-corrected chi connectivity index (χ1v) is 5.33. The van der Waals surface area contributed by atoms with E-state index in [1.165, 1.54) is 12.1 Å². The number of nitrogens with one attached hydrogen (secondary N) is 1. The van der Waals surface area contributed by atoms with Crippen LogP contribution in [0.2, 0.25) is 0 Å². The first kappa shape index (κ1) is 12.4. The van der Waals surface area contributed by atoms with Crippen molar-refractivity contribution in [3.8, 4) is 11.5 Å². The normalized spacial score (nSPS) is 12.1. The monoisotopic (exact) mass is 223 g/mol. The van der Waals surface area contributed by atoms with E-state index in [-0.39, 0.29) is 23.3 Å². The molecule has 0 aliphatic heterocycles. The summed E-state index contributed by atoms with van der Waals surface area (Å²) in [5, 5.41) is 21.1. The first-order chi connectivity index (χ1) is 7.54. The van der Waals surface area contributed by atoms with Crippen LogP contribution in [0.25, 0.3) is 0 Å². The van der Waals surface area contributed by atoms with Crippen molar-refractivity contribution < 1.29 is 15.0 Å². The Morgan fingerprint density at radius 1 is 1.38 bits per heavy atom. The van der Waals surface area contributed by atoms with Crippen LogP contribution in [0.1, 0.15) is 25.8 Å². The average Bonchev–Trinajstić information content (AvgIpc) is 2.29. The summed E-state index contributed by atoms with van der Waals surface area (Å²) in [4.78, 5) is 11.5. The number of hydrogen-bond donors (Lipinski definition) is 3. The summed E-state index contributed by atoms with van der Waals surface area (Å²) in [7, 11) is 0. The number of amides is 1. The third kappa shape index (κ3) is 3.15. The second-order valence-corrected chi connectivity index (χ2v) is 3.85. The van der Waals surface area contributed by atoms with Gasteiger partial charge in [0.25, 0.3) is 0 Å². The van der Waals surface area contributed by atoms with E-state index < -0.39 is 0 Å². The Hall–Kier alpha value is -1.71. The summed E-state index contributed by atoms with van der Waals surface area (Å²) in [6.07, 6.45) is 0.798. The highest BCUT2D eigenvalue weighted by atomic mass is 16.3. The van der Waals surface area contributed by atoms with Crippen LogP contribution in [0.5, 0.6) is 11.5 Å². The minimum atomic E-state index is -0.171. The number of phenols is 2. The average molecular weight is 223 g/mol. The Kier molecular flexibility index (Phi) is 4.17. The lowest BCUT2D eigenvalue weighted by molar-refractivity contribution is -0.124. The third-order valence-corrected chi connectivity index (χ3v) is 2.57. The van der Waals surface area contributed by atoms with Crippen LogP contribution >= 0.6 is 0 Å². The molecule has 0 fully saturated rings. The lowest BCUT2D eigenvalue weighted by Gasteiger charge is -2.10. The van der Waals surface area contributed by atoms with Crippen molar-refractivity contribution in [1.82, 2.24) is 5.32 Å². The van der Waals surface area contributed by atoms with Crippen LogP contribution in [-0.2, 0) is 11.3 Å².